The third-order valence-corrected chi connectivity index (χ3v) is 1.86. The Morgan fingerprint density at radius 3 is 2.62 bits per heavy atom. The van der Waals surface area contributed by atoms with Crippen LogP contribution < -0.4 is 5.32 Å². The Hall–Kier alpha value is -1.40. The van der Waals surface area contributed by atoms with E-state index in [9.17, 15) is 4.79 Å². The van der Waals surface area contributed by atoms with Crippen molar-refractivity contribution in [2.45, 2.75) is 20.1 Å². The van der Waals surface area contributed by atoms with Crippen molar-refractivity contribution in [3.05, 3.63) is 18.7 Å². The van der Waals surface area contributed by atoms with Gasteiger partial charge < -0.3 is 14.8 Å². The smallest absolute Gasteiger partial charge is 0.326 e. The van der Waals surface area contributed by atoms with Crippen molar-refractivity contribution in [1.82, 2.24) is 14.9 Å². The van der Waals surface area contributed by atoms with Crippen LogP contribution in [0.5, 0.6) is 0 Å². The summed E-state index contributed by atoms with van der Waals surface area (Å²) in [6, 6.07) is -0.248. The van der Waals surface area contributed by atoms with Gasteiger partial charge in [-0.3, -0.25) is 4.57 Å². The van der Waals surface area contributed by atoms with Crippen LogP contribution in [-0.4, -0.2) is 41.6 Å². The van der Waals surface area contributed by atoms with Crippen LogP contribution in [0.1, 0.15) is 13.8 Å². The number of ether oxygens (including phenoxy) is 2. The average molecular weight is 227 g/mol. The van der Waals surface area contributed by atoms with E-state index >= 15 is 0 Å². The van der Waals surface area contributed by atoms with Crippen molar-refractivity contribution in [3.63, 3.8) is 0 Å². The van der Waals surface area contributed by atoms with Crippen molar-refractivity contribution in [2.24, 2.45) is 0 Å². The Kier molecular flexibility index (Phi) is 5.52. The van der Waals surface area contributed by atoms with E-state index in [1.165, 1.54) is 10.9 Å². The predicted octanol–water partition coefficient (Wildman–Crippen LogP) is 0.840. The number of carbonyl (C=O) groups excluding carboxylic acids is 1. The highest BCUT2D eigenvalue weighted by Gasteiger charge is 2.10. The van der Waals surface area contributed by atoms with Gasteiger partial charge in [0.25, 0.3) is 0 Å². The lowest BCUT2D eigenvalue weighted by Gasteiger charge is -2.17. The van der Waals surface area contributed by atoms with E-state index in [-0.39, 0.29) is 6.03 Å². The molecule has 0 saturated carbocycles. The Bertz CT molecular complexity index is 294. The van der Waals surface area contributed by atoms with Gasteiger partial charge in [-0.05, 0) is 13.8 Å². The lowest BCUT2D eigenvalue weighted by Crippen LogP contribution is -2.37. The summed E-state index contributed by atoms with van der Waals surface area (Å²) < 4.78 is 11.9. The van der Waals surface area contributed by atoms with E-state index in [4.69, 9.17) is 9.47 Å². The summed E-state index contributed by atoms with van der Waals surface area (Å²) in [6.07, 6.45) is 4.15. The number of hydrogen-bond acceptors (Lipinski definition) is 4. The molecule has 6 heteroatoms. The topological polar surface area (TPSA) is 65.4 Å². The van der Waals surface area contributed by atoms with Crippen LogP contribution in [0, 0.1) is 0 Å². The number of amides is 1. The van der Waals surface area contributed by atoms with Gasteiger partial charge in [-0.15, -0.1) is 0 Å². The highest BCUT2D eigenvalue weighted by Crippen LogP contribution is 1.94. The van der Waals surface area contributed by atoms with Crippen LogP contribution in [0.25, 0.3) is 0 Å². The molecule has 0 unspecified atom stereocenters. The first-order valence-electron chi connectivity index (χ1n) is 5.27. The SMILES string of the molecule is CCOC(CNC(=O)n1ccnc1)OCC. The fraction of sp³-hybridized carbons (Fsp3) is 0.600. The molecule has 1 rings (SSSR count). The maximum Gasteiger partial charge on any atom is 0.326 e. The molecular formula is C10H17N3O3. The van der Waals surface area contributed by atoms with Gasteiger partial charge in [-0.25, -0.2) is 9.78 Å². The normalized spacial score (nSPS) is 10.7. The first kappa shape index (κ1) is 12.7. The molecule has 0 spiro atoms. The third kappa shape index (κ3) is 4.00. The summed E-state index contributed by atoms with van der Waals surface area (Å²) in [5.74, 6) is 0. The van der Waals surface area contributed by atoms with E-state index < -0.39 is 6.29 Å². The van der Waals surface area contributed by atoms with Crippen LogP contribution in [0.3, 0.4) is 0 Å². The molecule has 0 atom stereocenters. The second-order valence-electron chi connectivity index (χ2n) is 3.00. The van der Waals surface area contributed by atoms with Crippen LogP contribution in [-0.2, 0) is 9.47 Å². The van der Waals surface area contributed by atoms with Gasteiger partial charge in [0, 0.05) is 25.6 Å². The van der Waals surface area contributed by atoms with E-state index in [2.05, 4.69) is 10.3 Å². The second kappa shape index (κ2) is 6.97. The summed E-state index contributed by atoms with van der Waals surface area (Å²) >= 11 is 0. The zero-order valence-corrected chi connectivity index (χ0v) is 9.55. The van der Waals surface area contributed by atoms with Crippen molar-refractivity contribution >= 4 is 6.03 Å². The molecule has 1 aromatic heterocycles. The van der Waals surface area contributed by atoms with Gasteiger partial charge in [0.1, 0.15) is 6.33 Å². The molecular weight excluding hydrogens is 210 g/mol. The van der Waals surface area contributed by atoms with Gasteiger partial charge in [0.2, 0.25) is 0 Å². The van der Waals surface area contributed by atoms with E-state index in [0.717, 1.165) is 0 Å². The lowest BCUT2D eigenvalue weighted by atomic mass is 10.6. The maximum atomic E-state index is 11.5. The van der Waals surface area contributed by atoms with Gasteiger partial charge in [-0.1, -0.05) is 0 Å². The standard InChI is InChI=1S/C10H17N3O3/c1-3-15-9(16-4-2)7-12-10(14)13-6-5-11-8-13/h5-6,8-9H,3-4,7H2,1-2H3,(H,12,14). The summed E-state index contributed by atoms with van der Waals surface area (Å²) in [6.45, 7) is 5.17. The Morgan fingerprint density at radius 1 is 1.44 bits per heavy atom. The summed E-state index contributed by atoms with van der Waals surface area (Å²) in [4.78, 5) is 15.3. The lowest BCUT2D eigenvalue weighted by molar-refractivity contribution is -0.131. The van der Waals surface area contributed by atoms with Gasteiger partial charge >= 0.3 is 6.03 Å². The summed E-state index contributed by atoms with van der Waals surface area (Å²) in [5.41, 5.74) is 0. The first-order valence-corrected chi connectivity index (χ1v) is 5.27. The van der Waals surface area contributed by atoms with Crippen molar-refractivity contribution < 1.29 is 14.3 Å². The van der Waals surface area contributed by atoms with Gasteiger partial charge in [0.15, 0.2) is 6.29 Å². The number of imidazole rings is 1. The quantitative estimate of drug-likeness (QED) is 0.731. The van der Waals surface area contributed by atoms with E-state index in [0.29, 0.717) is 19.8 Å². The molecule has 6 nitrogen and oxygen atoms in total. The molecule has 1 aromatic rings. The molecule has 1 N–H and O–H groups in total. The van der Waals surface area contributed by atoms with Crippen molar-refractivity contribution in [2.75, 3.05) is 19.8 Å². The number of carbonyl (C=O) groups is 1. The van der Waals surface area contributed by atoms with Gasteiger partial charge in [0.05, 0.1) is 6.54 Å². The number of rotatable bonds is 6. The van der Waals surface area contributed by atoms with Gasteiger partial charge in [-0.2, -0.15) is 0 Å². The molecule has 0 saturated heterocycles. The summed E-state index contributed by atoms with van der Waals surface area (Å²) in [7, 11) is 0. The predicted molar refractivity (Wildman–Crippen MR) is 58.1 cm³/mol. The Balaban J connectivity index is 2.34. The highest BCUT2D eigenvalue weighted by molar-refractivity contribution is 5.76. The molecule has 1 amide bonds. The van der Waals surface area contributed by atoms with Crippen molar-refractivity contribution in [1.29, 1.82) is 0 Å². The molecule has 0 fully saturated rings. The fourth-order valence-corrected chi connectivity index (χ4v) is 1.18. The summed E-state index contributed by atoms with van der Waals surface area (Å²) in [5, 5.41) is 2.69. The molecule has 0 bridgehead atoms. The fourth-order valence-electron chi connectivity index (χ4n) is 1.18. The minimum absolute atomic E-state index is 0.248. The largest absolute Gasteiger partial charge is 0.351 e. The number of hydrogen-bond donors (Lipinski definition) is 1. The molecule has 16 heavy (non-hydrogen) atoms. The number of nitrogens with zero attached hydrogens (tertiary/aromatic N) is 2. The molecule has 0 aliphatic carbocycles. The monoisotopic (exact) mass is 227 g/mol. The second-order valence-corrected chi connectivity index (χ2v) is 3.00. The molecule has 0 aliphatic heterocycles. The van der Waals surface area contributed by atoms with E-state index in [1.54, 1.807) is 12.4 Å². The van der Waals surface area contributed by atoms with E-state index in [1.807, 2.05) is 13.8 Å². The number of aromatic nitrogens is 2. The van der Waals surface area contributed by atoms with Crippen LogP contribution in [0.15, 0.2) is 18.7 Å². The number of nitrogens with one attached hydrogen (secondary N) is 1. The molecule has 0 radical (unpaired) electrons. The average Bonchev–Trinajstić information content (AvgIpc) is 2.79. The molecule has 1 heterocycles. The Morgan fingerprint density at radius 2 is 2.12 bits per heavy atom. The first-order chi connectivity index (χ1) is 7.77. The van der Waals surface area contributed by atoms with Crippen LogP contribution in [0.4, 0.5) is 4.79 Å². The minimum atomic E-state index is -0.400. The van der Waals surface area contributed by atoms with Crippen LogP contribution >= 0.6 is 0 Å². The zero-order chi connectivity index (χ0) is 11.8. The molecule has 90 valence electrons. The maximum absolute atomic E-state index is 11.5. The third-order valence-electron chi connectivity index (χ3n) is 1.86. The van der Waals surface area contributed by atoms with Crippen molar-refractivity contribution in [3.8, 4) is 0 Å². The van der Waals surface area contributed by atoms with Crippen LogP contribution in [0.2, 0.25) is 0 Å². The molecule has 0 aliphatic rings. The Labute approximate surface area is 94.6 Å². The molecule has 0 aromatic carbocycles. The zero-order valence-electron chi connectivity index (χ0n) is 9.55. The minimum Gasteiger partial charge on any atom is -0.351 e. The highest BCUT2D eigenvalue weighted by atomic mass is 16.7.